The van der Waals surface area contributed by atoms with E-state index in [4.69, 9.17) is 5.73 Å². The third-order valence-corrected chi connectivity index (χ3v) is 3.82. The Morgan fingerprint density at radius 1 is 1.00 bits per heavy atom. The molecule has 0 radical (unpaired) electrons. The summed E-state index contributed by atoms with van der Waals surface area (Å²) in [5.41, 5.74) is 7.78. The molecule has 0 aromatic heterocycles. The monoisotopic (exact) mass is 326 g/mol. The van der Waals surface area contributed by atoms with Crippen LogP contribution in [0.3, 0.4) is 0 Å². The topological polar surface area (TPSA) is 92.4 Å². The number of carbonyl (C=O) groups is 2. The van der Waals surface area contributed by atoms with Gasteiger partial charge in [0.2, 0.25) is 5.91 Å². The van der Waals surface area contributed by atoms with E-state index in [0.29, 0.717) is 12.8 Å². The maximum atomic E-state index is 12.3. The van der Waals surface area contributed by atoms with Gasteiger partial charge in [0.15, 0.2) is 5.78 Å². The second-order valence-corrected chi connectivity index (χ2v) is 5.84. The Balaban J connectivity index is 1.97. The highest BCUT2D eigenvalue weighted by atomic mass is 16.3. The number of nitrogens with one attached hydrogen (secondary N) is 1. The van der Waals surface area contributed by atoms with Crippen LogP contribution in [0, 0.1) is 0 Å². The molecule has 2 rings (SSSR count). The number of amides is 1. The highest BCUT2D eigenvalue weighted by Crippen LogP contribution is 2.12. The van der Waals surface area contributed by atoms with Crippen LogP contribution in [0.1, 0.15) is 18.1 Å². The van der Waals surface area contributed by atoms with Gasteiger partial charge in [0, 0.05) is 0 Å². The fourth-order valence-corrected chi connectivity index (χ4v) is 2.40. The smallest absolute Gasteiger partial charge is 0.237 e. The van der Waals surface area contributed by atoms with E-state index in [-0.39, 0.29) is 17.4 Å². The van der Waals surface area contributed by atoms with Crippen molar-refractivity contribution in [1.82, 2.24) is 5.32 Å². The first-order valence-corrected chi connectivity index (χ1v) is 7.84. The largest absolute Gasteiger partial charge is 0.508 e. The summed E-state index contributed by atoms with van der Waals surface area (Å²) >= 11 is 0. The van der Waals surface area contributed by atoms with E-state index >= 15 is 0 Å². The lowest BCUT2D eigenvalue weighted by Crippen LogP contribution is -2.49. The van der Waals surface area contributed by atoms with Crippen molar-refractivity contribution in [2.75, 3.05) is 0 Å². The molecule has 1 amide bonds. The van der Waals surface area contributed by atoms with Gasteiger partial charge in [0.1, 0.15) is 5.75 Å². The summed E-state index contributed by atoms with van der Waals surface area (Å²) < 4.78 is 0. The lowest BCUT2D eigenvalue weighted by molar-refractivity contribution is -0.127. The van der Waals surface area contributed by atoms with E-state index in [2.05, 4.69) is 5.32 Å². The minimum Gasteiger partial charge on any atom is -0.508 e. The molecule has 0 aliphatic carbocycles. The number of phenols is 1. The van der Waals surface area contributed by atoms with Crippen LogP contribution < -0.4 is 11.1 Å². The van der Waals surface area contributed by atoms with Crippen molar-refractivity contribution in [3.05, 3.63) is 65.7 Å². The summed E-state index contributed by atoms with van der Waals surface area (Å²) in [6.07, 6.45) is 0.774. The van der Waals surface area contributed by atoms with Gasteiger partial charge in [0.05, 0.1) is 12.1 Å². The molecule has 0 unspecified atom stereocenters. The van der Waals surface area contributed by atoms with Gasteiger partial charge in [-0.05, 0) is 43.0 Å². The maximum Gasteiger partial charge on any atom is 0.237 e. The van der Waals surface area contributed by atoms with Crippen LogP contribution in [0.25, 0.3) is 0 Å². The number of carbonyl (C=O) groups excluding carboxylic acids is 2. The van der Waals surface area contributed by atoms with Crippen molar-refractivity contribution < 1.29 is 14.7 Å². The summed E-state index contributed by atoms with van der Waals surface area (Å²) in [6.45, 7) is 1.44. The fourth-order valence-electron chi connectivity index (χ4n) is 2.40. The summed E-state index contributed by atoms with van der Waals surface area (Å²) in [5.74, 6) is -0.326. The third-order valence-electron chi connectivity index (χ3n) is 3.82. The molecule has 0 fully saturated rings. The normalized spacial score (nSPS) is 13.1. The van der Waals surface area contributed by atoms with Crippen LogP contribution in [-0.2, 0) is 22.4 Å². The molecular weight excluding hydrogens is 304 g/mol. The number of rotatable bonds is 7. The van der Waals surface area contributed by atoms with Gasteiger partial charge in [-0.15, -0.1) is 0 Å². The molecule has 0 bridgehead atoms. The number of hydrogen-bond donors (Lipinski definition) is 3. The SMILES string of the molecule is CC(=O)[C@H](Cc1ccc(O)cc1)NC(=O)[C@@H](N)Cc1ccccc1. The minimum atomic E-state index is -0.714. The van der Waals surface area contributed by atoms with Gasteiger partial charge >= 0.3 is 0 Å². The number of Topliss-reactive ketones (excluding diaryl/α,β-unsaturated/α-hetero) is 1. The van der Waals surface area contributed by atoms with E-state index in [1.54, 1.807) is 24.3 Å². The van der Waals surface area contributed by atoms with Gasteiger partial charge in [-0.1, -0.05) is 42.5 Å². The zero-order chi connectivity index (χ0) is 17.5. The molecule has 24 heavy (non-hydrogen) atoms. The van der Waals surface area contributed by atoms with Crippen molar-refractivity contribution in [3.63, 3.8) is 0 Å². The number of ketones is 1. The van der Waals surface area contributed by atoms with Crippen LogP contribution in [-0.4, -0.2) is 28.9 Å². The van der Waals surface area contributed by atoms with E-state index in [1.807, 2.05) is 30.3 Å². The Hall–Kier alpha value is -2.66. The molecule has 4 N–H and O–H groups in total. The van der Waals surface area contributed by atoms with Crippen LogP contribution in [0.5, 0.6) is 5.75 Å². The van der Waals surface area contributed by atoms with Crippen molar-refractivity contribution in [3.8, 4) is 5.75 Å². The average Bonchev–Trinajstić information content (AvgIpc) is 2.56. The summed E-state index contributed by atoms with van der Waals surface area (Å²) in [6, 6.07) is 14.7. The zero-order valence-corrected chi connectivity index (χ0v) is 13.6. The van der Waals surface area contributed by atoms with E-state index in [1.165, 1.54) is 6.92 Å². The first kappa shape index (κ1) is 17.7. The molecule has 5 nitrogen and oxygen atoms in total. The average molecular weight is 326 g/mol. The lowest BCUT2D eigenvalue weighted by Gasteiger charge is -2.19. The highest BCUT2D eigenvalue weighted by molar-refractivity contribution is 5.89. The molecule has 0 saturated heterocycles. The standard InChI is InChI=1S/C19H22N2O3/c1-13(22)18(12-15-7-9-16(23)10-8-15)21-19(24)17(20)11-14-5-3-2-4-6-14/h2-10,17-18,23H,11-12,20H2,1H3,(H,21,24)/t17-,18-/m0/s1. The van der Waals surface area contributed by atoms with Crippen LogP contribution in [0.4, 0.5) is 0 Å². The second kappa shape index (κ2) is 8.26. The number of benzene rings is 2. The maximum absolute atomic E-state index is 12.3. The molecule has 5 heteroatoms. The Kier molecular flexibility index (Phi) is 6.09. The molecule has 0 heterocycles. The third kappa shape index (κ3) is 5.21. The van der Waals surface area contributed by atoms with Gasteiger partial charge in [-0.2, -0.15) is 0 Å². The molecule has 0 saturated carbocycles. The quantitative estimate of drug-likeness (QED) is 0.720. The summed E-state index contributed by atoms with van der Waals surface area (Å²) in [4.78, 5) is 24.1. The van der Waals surface area contributed by atoms with Crippen LogP contribution in [0.2, 0.25) is 0 Å². The van der Waals surface area contributed by atoms with Crippen LogP contribution >= 0.6 is 0 Å². The lowest BCUT2D eigenvalue weighted by atomic mass is 10.0. The van der Waals surface area contributed by atoms with Crippen molar-refractivity contribution >= 4 is 11.7 Å². The Labute approximate surface area is 141 Å². The second-order valence-electron chi connectivity index (χ2n) is 5.84. The first-order valence-electron chi connectivity index (χ1n) is 7.84. The van der Waals surface area contributed by atoms with Crippen molar-refractivity contribution in [2.45, 2.75) is 31.8 Å². The Morgan fingerprint density at radius 3 is 2.17 bits per heavy atom. The highest BCUT2D eigenvalue weighted by Gasteiger charge is 2.21. The molecule has 0 aliphatic rings. The van der Waals surface area contributed by atoms with Crippen molar-refractivity contribution in [2.24, 2.45) is 5.73 Å². The van der Waals surface area contributed by atoms with Crippen LogP contribution in [0.15, 0.2) is 54.6 Å². The number of aromatic hydroxyl groups is 1. The Morgan fingerprint density at radius 2 is 1.58 bits per heavy atom. The van der Waals surface area contributed by atoms with Gasteiger partial charge in [-0.25, -0.2) is 0 Å². The predicted molar refractivity (Wildman–Crippen MR) is 92.5 cm³/mol. The zero-order valence-electron chi connectivity index (χ0n) is 13.6. The van der Waals surface area contributed by atoms with E-state index in [0.717, 1.165) is 11.1 Å². The van der Waals surface area contributed by atoms with Gasteiger partial charge in [0.25, 0.3) is 0 Å². The predicted octanol–water partition coefficient (Wildman–Crippen LogP) is 1.58. The molecule has 126 valence electrons. The van der Waals surface area contributed by atoms with Crippen molar-refractivity contribution in [1.29, 1.82) is 0 Å². The molecule has 2 aromatic carbocycles. The molecule has 2 atom stereocenters. The Bertz CT molecular complexity index is 684. The molecule has 0 aliphatic heterocycles. The number of phenolic OH excluding ortho intramolecular Hbond substituents is 1. The summed E-state index contributed by atoms with van der Waals surface area (Å²) in [7, 11) is 0. The van der Waals surface area contributed by atoms with E-state index < -0.39 is 12.1 Å². The first-order chi connectivity index (χ1) is 11.5. The molecule has 0 spiro atoms. The molecular formula is C19H22N2O3. The fraction of sp³-hybridized carbons (Fsp3) is 0.263. The van der Waals surface area contributed by atoms with Gasteiger partial charge in [-0.3, -0.25) is 9.59 Å². The van der Waals surface area contributed by atoms with E-state index in [9.17, 15) is 14.7 Å². The summed E-state index contributed by atoms with van der Waals surface area (Å²) in [5, 5.41) is 12.0. The van der Waals surface area contributed by atoms with Gasteiger partial charge < -0.3 is 16.2 Å². The number of nitrogens with two attached hydrogens (primary N) is 1. The minimum absolute atomic E-state index is 0.136. The number of hydrogen-bond acceptors (Lipinski definition) is 4. The molecule has 2 aromatic rings.